The Bertz CT molecular complexity index is 747. The molecule has 27 heavy (non-hydrogen) atoms. The fourth-order valence-corrected chi connectivity index (χ4v) is 4.26. The van der Waals surface area contributed by atoms with E-state index in [0.717, 1.165) is 24.2 Å². The number of amides is 2. The van der Waals surface area contributed by atoms with E-state index in [1.54, 1.807) is 11.9 Å². The maximum atomic E-state index is 12.4. The number of nitrogens with one attached hydrogen (secondary N) is 1. The van der Waals surface area contributed by atoms with E-state index in [1.165, 1.54) is 30.2 Å². The highest BCUT2D eigenvalue weighted by Gasteiger charge is 2.11. The van der Waals surface area contributed by atoms with Crippen molar-refractivity contribution in [3.63, 3.8) is 0 Å². The van der Waals surface area contributed by atoms with E-state index in [0.29, 0.717) is 11.6 Å². The SMILES string of the molecule is CN(Cc1cccc(Cl)c1)C(=O)Nc1ccc(CCN2CCSCC2)cc1. The number of halogens is 1. The summed E-state index contributed by atoms with van der Waals surface area (Å²) in [6.07, 6.45) is 1.05. The molecule has 1 fully saturated rings. The van der Waals surface area contributed by atoms with Crippen LogP contribution >= 0.6 is 23.4 Å². The topological polar surface area (TPSA) is 35.6 Å². The number of benzene rings is 2. The summed E-state index contributed by atoms with van der Waals surface area (Å²) in [6, 6.07) is 15.6. The lowest BCUT2D eigenvalue weighted by molar-refractivity contribution is 0.220. The van der Waals surface area contributed by atoms with Gasteiger partial charge in [-0.3, -0.25) is 0 Å². The molecule has 0 bridgehead atoms. The fraction of sp³-hybridized carbons (Fsp3) is 0.381. The largest absolute Gasteiger partial charge is 0.323 e. The number of anilines is 1. The molecule has 0 aromatic heterocycles. The van der Waals surface area contributed by atoms with Crippen molar-refractivity contribution in [3.05, 3.63) is 64.7 Å². The highest BCUT2D eigenvalue weighted by molar-refractivity contribution is 7.99. The predicted octanol–water partition coefficient (Wildman–Crippen LogP) is 4.60. The van der Waals surface area contributed by atoms with Crippen molar-refractivity contribution in [2.75, 3.05) is 43.5 Å². The Hall–Kier alpha value is -1.69. The number of rotatable bonds is 6. The average Bonchev–Trinajstić information content (AvgIpc) is 2.68. The number of nitrogens with zero attached hydrogens (tertiary/aromatic N) is 2. The molecule has 2 amide bonds. The maximum Gasteiger partial charge on any atom is 0.321 e. The summed E-state index contributed by atoms with van der Waals surface area (Å²) in [6.45, 7) is 4.00. The summed E-state index contributed by atoms with van der Waals surface area (Å²) < 4.78 is 0. The molecule has 0 radical (unpaired) electrons. The lowest BCUT2D eigenvalue weighted by Crippen LogP contribution is -2.34. The Balaban J connectivity index is 1.47. The van der Waals surface area contributed by atoms with E-state index < -0.39 is 0 Å². The standard InChI is InChI=1S/C21H26ClN3OS/c1-24(16-18-3-2-4-19(22)15-18)21(26)23-20-7-5-17(6-8-20)9-10-25-11-13-27-14-12-25/h2-8,15H,9-14,16H2,1H3,(H,23,26). The summed E-state index contributed by atoms with van der Waals surface area (Å²) in [7, 11) is 1.78. The number of carbonyl (C=O) groups is 1. The maximum absolute atomic E-state index is 12.4. The van der Waals surface area contributed by atoms with Crippen LogP contribution in [-0.2, 0) is 13.0 Å². The van der Waals surface area contributed by atoms with Gasteiger partial charge >= 0.3 is 6.03 Å². The normalized spacial score (nSPS) is 14.7. The fourth-order valence-electron chi connectivity index (χ4n) is 3.07. The van der Waals surface area contributed by atoms with Crippen LogP contribution < -0.4 is 5.32 Å². The monoisotopic (exact) mass is 403 g/mol. The van der Waals surface area contributed by atoms with E-state index in [4.69, 9.17) is 11.6 Å². The predicted molar refractivity (Wildman–Crippen MR) is 116 cm³/mol. The van der Waals surface area contributed by atoms with Crippen LogP contribution in [0.4, 0.5) is 10.5 Å². The Kier molecular flexibility index (Phi) is 7.44. The summed E-state index contributed by atoms with van der Waals surface area (Å²) in [5.74, 6) is 2.49. The van der Waals surface area contributed by atoms with Gasteiger partial charge in [-0.15, -0.1) is 0 Å². The molecule has 1 aliphatic heterocycles. The molecule has 1 aliphatic rings. The van der Waals surface area contributed by atoms with Gasteiger partial charge < -0.3 is 15.1 Å². The second kappa shape index (κ2) is 10.0. The van der Waals surface area contributed by atoms with Gasteiger partial charge in [0, 0.05) is 55.4 Å². The molecule has 2 aromatic rings. The molecule has 1 saturated heterocycles. The first-order valence-corrected chi connectivity index (χ1v) is 10.8. The van der Waals surface area contributed by atoms with E-state index in [9.17, 15) is 4.79 Å². The molecule has 6 heteroatoms. The van der Waals surface area contributed by atoms with Gasteiger partial charge in [-0.1, -0.05) is 35.9 Å². The van der Waals surface area contributed by atoms with Gasteiger partial charge in [-0.25, -0.2) is 4.79 Å². The number of thioether (sulfide) groups is 1. The van der Waals surface area contributed by atoms with Gasteiger partial charge in [0.1, 0.15) is 0 Å². The zero-order valence-electron chi connectivity index (χ0n) is 15.7. The molecular weight excluding hydrogens is 378 g/mol. The molecule has 0 unspecified atom stereocenters. The molecule has 1 N–H and O–H groups in total. The Morgan fingerprint density at radius 2 is 1.89 bits per heavy atom. The van der Waals surface area contributed by atoms with Crippen molar-refractivity contribution >= 4 is 35.1 Å². The Labute approximate surface area is 170 Å². The molecule has 3 rings (SSSR count). The minimum absolute atomic E-state index is 0.131. The van der Waals surface area contributed by atoms with Gasteiger partial charge in [0.05, 0.1) is 0 Å². The number of carbonyl (C=O) groups excluding carboxylic acids is 1. The summed E-state index contributed by atoms with van der Waals surface area (Å²) >= 11 is 8.04. The third-order valence-electron chi connectivity index (χ3n) is 4.68. The lowest BCUT2D eigenvalue weighted by atomic mass is 10.1. The first-order valence-electron chi connectivity index (χ1n) is 9.26. The van der Waals surface area contributed by atoms with Crippen LogP contribution in [0.5, 0.6) is 0 Å². The van der Waals surface area contributed by atoms with Crippen molar-refractivity contribution < 1.29 is 4.79 Å². The van der Waals surface area contributed by atoms with Crippen LogP contribution in [0, 0.1) is 0 Å². The quantitative estimate of drug-likeness (QED) is 0.765. The van der Waals surface area contributed by atoms with Crippen molar-refractivity contribution in [1.29, 1.82) is 0 Å². The van der Waals surface area contributed by atoms with E-state index in [1.807, 2.05) is 48.2 Å². The third-order valence-corrected chi connectivity index (χ3v) is 5.86. The summed E-state index contributed by atoms with van der Waals surface area (Å²) in [5.41, 5.74) is 3.13. The molecule has 0 saturated carbocycles. The number of hydrogen-bond donors (Lipinski definition) is 1. The van der Waals surface area contributed by atoms with Gasteiger partial charge in [0.25, 0.3) is 0 Å². The zero-order chi connectivity index (χ0) is 19.1. The van der Waals surface area contributed by atoms with Crippen molar-refractivity contribution in [2.24, 2.45) is 0 Å². The summed E-state index contributed by atoms with van der Waals surface area (Å²) in [5, 5.41) is 3.63. The molecule has 4 nitrogen and oxygen atoms in total. The van der Waals surface area contributed by atoms with Crippen LogP contribution in [0.1, 0.15) is 11.1 Å². The van der Waals surface area contributed by atoms with Gasteiger partial charge in [0.2, 0.25) is 0 Å². The first kappa shape index (κ1) is 20.1. The second-order valence-electron chi connectivity index (χ2n) is 6.82. The Morgan fingerprint density at radius 1 is 1.15 bits per heavy atom. The molecule has 1 heterocycles. The van der Waals surface area contributed by atoms with Crippen LogP contribution in [0.3, 0.4) is 0 Å². The highest BCUT2D eigenvalue weighted by atomic mass is 35.5. The van der Waals surface area contributed by atoms with Crippen molar-refractivity contribution in [3.8, 4) is 0 Å². The van der Waals surface area contributed by atoms with Crippen LogP contribution in [0.25, 0.3) is 0 Å². The average molecular weight is 404 g/mol. The third kappa shape index (κ3) is 6.45. The van der Waals surface area contributed by atoms with Crippen LogP contribution in [0.2, 0.25) is 5.02 Å². The molecule has 144 valence electrons. The minimum Gasteiger partial charge on any atom is -0.323 e. The van der Waals surface area contributed by atoms with Crippen LogP contribution in [0.15, 0.2) is 48.5 Å². The smallest absolute Gasteiger partial charge is 0.321 e. The minimum atomic E-state index is -0.131. The lowest BCUT2D eigenvalue weighted by Gasteiger charge is -2.26. The second-order valence-corrected chi connectivity index (χ2v) is 8.48. The molecule has 0 spiro atoms. The molecule has 2 aromatic carbocycles. The zero-order valence-corrected chi connectivity index (χ0v) is 17.2. The molecule has 0 aliphatic carbocycles. The van der Waals surface area contributed by atoms with E-state index in [-0.39, 0.29) is 6.03 Å². The van der Waals surface area contributed by atoms with Gasteiger partial charge in [-0.05, 0) is 41.8 Å². The van der Waals surface area contributed by atoms with Crippen molar-refractivity contribution in [1.82, 2.24) is 9.80 Å². The van der Waals surface area contributed by atoms with Gasteiger partial charge in [-0.2, -0.15) is 11.8 Å². The van der Waals surface area contributed by atoms with Gasteiger partial charge in [0.15, 0.2) is 0 Å². The number of urea groups is 1. The first-order chi connectivity index (χ1) is 13.1. The number of hydrogen-bond acceptors (Lipinski definition) is 3. The van der Waals surface area contributed by atoms with Crippen LogP contribution in [-0.4, -0.2) is 54.0 Å². The highest BCUT2D eigenvalue weighted by Crippen LogP contribution is 2.15. The Morgan fingerprint density at radius 3 is 2.59 bits per heavy atom. The molecular formula is C21H26ClN3OS. The molecule has 0 atom stereocenters. The van der Waals surface area contributed by atoms with Crippen molar-refractivity contribution in [2.45, 2.75) is 13.0 Å². The van der Waals surface area contributed by atoms with E-state index in [2.05, 4.69) is 22.3 Å². The van der Waals surface area contributed by atoms with E-state index >= 15 is 0 Å². The summed E-state index contributed by atoms with van der Waals surface area (Å²) in [4.78, 5) is 16.6.